The van der Waals surface area contributed by atoms with Crippen LogP contribution >= 0.6 is 0 Å². The monoisotopic (exact) mass is 396 g/mol. The van der Waals surface area contributed by atoms with E-state index in [9.17, 15) is 20.1 Å². The normalized spacial score (nSPS) is 16.1. The minimum atomic E-state index is -1.08. The number of hydrogen-bond acceptors (Lipinski definition) is 6. The van der Waals surface area contributed by atoms with Crippen LogP contribution in [0.3, 0.4) is 0 Å². The van der Waals surface area contributed by atoms with Crippen LogP contribution in [0, 0.1) is 0 Å². The van der Waals surface area contributed by atoms with Gasteiger partial charge in [0, 0.05) is 23.6 Å². The molecule has 1 aromatic heterocycles. The molecule has 1 aliphatic rings. The SMILES string of the molecule is CC(C)=CCc1c(O)cc(O)c2c(=O)c3c4c(ccc3oc12)OC(C(C)(C)O)C4. The molecule has 3 aromatic rings. The molecule has 152 valence electrons. The van der Waals surface area contributed by atoms with E-state index < -0.39 is 11.7 Å². The van der Waals surface area contributed by atoms with Crippen LogP contribution in [-0.2, 0) is 12.8 Å². The fourth-order valence-electron chi connectivity index (χ4n) is 3.77. The summed E-state index contributed by atoms with van der Waals surface area (Å²) in [5, 5.41) is 31.4. The van der Waals surface area contributed by atoms with Gasteiger partial charge in [-0.15, -0.1) is 0 Å². The maximum atomic E-state index is 13.4. The van der Waals surface area contributed by atoms with Gasteiger partial charge in [-0.1, -0.05) is 11.6 Å². The first-order chi connectivity index (χ1) is 13.6. The van der Waals surface area contributed by atoms with Gasteiger partial charge in [0.1, 0.15) is 39.9 Å². The van der Waals surface area contributed by atoms with E-state index in [1.807, 2.05) is 19.9 Å². The van der Waals surface area contributed by atoms with E-state index in [1.54, 1.807) is 26.0 Å². The number of fused-ring (bicyclic) bond motifs is 4. The van der Waals surface area contributed by atoms with Crippen LogP contribution in [0.15, 0.2) is 39.1 Å². The van der Waals surface area contributed by atoms with Crippen molar-refractivity contribution in [1.29, 1.82) is 0 Å². The molecule has 0 saturated heterocycles. The first kappa shape index (κ1) is 19.3. The van der Waals surface area contributed by atoms with Crippen LogP contribution in [0.5, 0.6) is 17.2 Å². The molecule has 6 heteroatoms. The number of ether oxygens (including phenoxy) is 1. The third-order valence-electron chi connectivity index (χ3n) is 5.40. The largest absolute Gasteiger partial charge is 0.507 e. The van der Waals surface area contributed by atoms with Crippen LogP contribution in [-0.4, -0.2) is 27.0 Å². The Kier molecular flexibility index (Phi) is 4.35. The maximum Gasteiger partial charge on any atom is 0.204 e. The molecule has 2 aromatic carbocycles. The molecule has 0 aliphatic carbocycles. The number of allylic oxidation sites excluding steroid dienone is 2. The molecule has 1 atom stereocenters. The van der Waals surface area contributed by atoms with E-state index in [4.69, 9.17) is 9.15 Å². The van der Waals surface area contributed by atoms with Gasteiger partial charge in [-0.25, -0.2) is 0 Å². The van der Waals surface area contributed by atoms with Crippen molar-refractivity contribution in [3.05, 3.63) is 51.2 Å². The van der Waals surface area contributed by atoms with Crippen molar-refractivity contribution >= 4 is 21.9 Å². The molecular weight excluding hydrogens is 372 g/mol. The second kappa shape index (κ2) is 6.52. The van der Waals surface area contributed by atoms with E-state index in [0.717, 1.165) is 5.57 Å². The first-order valence-corrected chi connectivity index (χ1v) is 9.56. The molecular formula is C23H24O6. The standard InChI is InChI=1S/C23H24O6/c1-11(2)5-6-12-14(24)10-15(25)20-21(26)19-13-9-18(23(3,4)27)28-16(13)7-8-17(19)29-22(12)20/h5,7-8,10,18,24-25,27H,6,9H2,1-4H3. The fraction of sp³-hybridized carbons (Fsp3) is 0.348. The summed E-state index contributed by atoms with van der Waals surface area (Å²) in [5.41, 5.74) is 1.23. The summed E-state index contributed by atoms with van der Waals surface area (Å²) < 4.78 is 11.9. The van der Waals surface area contributed by atoms with E-state index in [2.05, 4.69) is 0 Å². The third-order valence-corrected chi connectivity index (χ3v) is 5.40. The second-order valence-electron chi connectivity index (χ2n) is 8.39. The van der Waals surface area contributed by atoms with Gasteiger partial charge in [0.15, 0.2) is 0 Å². The van der Waals surface area contributed by atoms with Crippen molar-refractivity contribution in [3.63, 3.8) is 0 Å². The number of benzene rings is 2. The minimum absolute atomic E-state index is 0.0348. The molecule has 29 heavy (non-hydrogen) atoms. The van der Waals surface area contributed by atoms with Gasteiger partial charge in [0.05, 0.1) is 11.0 Å². The predicted molar refractivity (Wildman–Crippen MR) is 111 cm³/mol. The Morgan fingerprint density at radius 3 is 2.59 bits per heavy atom. The fourth-order valence-corrected chi connectivity index (χ4v) is 3.77. The Labute approximate surface area is 167 Å². The minimum Gasteiger partial charge on any atom is -0.507 e. The van der Waals surface area contributed by atoms with Crippen molar-refractivity contribution in [2.75, 3.05) is 0 Å². The van der Waals surface area contributed by atoms with Crippen LogP contribution in [0.25, 0.3) is 21.9 Å². The van der Waals surface area contributed by atoms with Crippen LogP contribution in [0.4, 0.5) is 0 Å². The first-order valence-electron chi connectivity index (χ1n) is 9.56. The zero-order valence-electron chi connectivity index (χ0n) is 16.9. The molecule has 6 nitrogen and oxygen atoms in total. The maximum absolute atomic E-state index is 13.4. The number of phenolic OH excluding ortho intramolecular Hbond substituents is 2. The summed E-state index contributed by atoms with van der Waals surface area (Å²) in [6.07, 6.45) is 2.16. The second-order valence-corrected chi connectivity index (χ2v) is 8.39. The topological polar surface area (TPSA) is 100 Å². The molecule has 0 radical (unpaired) electrons. The number of rotatable bonds is 3. The Morgan fingerprint density at radius 1 is 1.21 bits per heavy atom. The van der Waals surface area contributed by atoms with Crippen molar-refractivity contribution < 1.29 is 24.5 Å². The van der Waals surface area contributed by atoms with Gasteiger partial charge in [-0.2, -0.15) is 0 Å². The molecule has 0 amide bonds. The Hall–Kier alpha value is -2.99. The summed E-state index contributed by atoms with van der Waals surface area (Å²) in [7, 11) is 0. The van der Waals surface area contributed by atoms with Gasteiger partial charge in [-0.3, -0.25) is 4.79 Å². The molecule has 3 N–H and O–H groups in total. The van der Waals surface area contributed by atoms with Crippen LogP contribution in [0.1, 0.15) is 38.8 Å². The molecule has 0 bridgehead atoms. The zero-order chi connectivity index (χ0) is 21.1. The summed E-state index contributed by atoms with van der Waals surface area (Å²) in [5.74, 6) is 0.0746. The number of aliphatic hydroxyl groups is 1. The summed E-state index contributed by atoms with van der Waals surface area (Å²) in [6.45, 7) is 7.20. The van der Waals surface area contributed by atoms with Crippen molar-refractivity contribution in [1.82, 2.24) is 0 Å². The van der Waals surface area contributed by atoms with E-state index in [0.29, 0.717) is 40.7 Å². The molecule has 1 unspecified atom stereocenters. The number of aromatic hydroxyl groups is 2. The Balaban J connectivity index is 2.02. The van der Waals surface area contributed by atoms with Crippen LogP contribution < -0.4 is 10.2 Å². The number of phenols is 2. The van der Waals surface area contributed by atoms with Crippen molar-refractivity contribution in [2.24, 2.45) is 0 Å². The van der Waals surface area contributed by atoms with Gasteiger partial charge >= 0.3 is 0 Å². The molecule has 0 saturated carbocycles. The molecule has 0 fully saturated rings. The average Bonchev–Trinajstić information content (AvgIpc) is 3.05. The zero-order valence-corrected chi connectivity index (χ0v) is 16.9. The summed E-state index contributed by atoms with van der Waals surface area (Å²) in [6, 6.07) is 4.54. The average molecular weight is 396 g/mol. The van der Waals surface area contributed by atoms with Crippen molar-refractivity contribution in [3.8, 4) is 17.2 Å². The molecule has 1 aliphatic heterocycles. The lowest BCUT2D eigenvalue weighted by atomic mass is 9.94. The lowest BCUT2D eigenvalue weighted by Gasteiger charge is -2.24. The van der Waals surface area contributed by atoms with Gasteiger partial charge < -0.3 is 24.5 Å². The molecule has 2 heterocycles. The van der Waals surface area contributed by atoms with E-state index in [1.165, 1.54) is 6.07 Å². The van der Waals surface area contributed by atoms with Crippen LogP contribution in [0.2, 0.25) is 0 Å². The Bertz CT molecular complexity index is 1220. The van der Waals surface area contributed by atoms with Gasteiger partial charge in [0.25, 0.3) is 0 Å². The Morgan fingerprint density at radius 2 is 1.93 bits per heavy atom. The lowest BCUT2D eigenvalue weighted by Crippen LogP contribution is -2.39. The lowest BCUT2D eigenvalue weighted by molar-refractivity contribution is -0.0229. The van der Waals surface area contributed by atoms with E-state index >= 15 is 0 Å². The van der Waals surface area contributed by atoms with E-state index in [-0.39, 0.29) is 27.9 Å². The van der Waals surface area contributed by atoms with Gasteiger partial charge in [-0.05, 0) is 46.2 Å². The highest BCUT2D eigenvalue weighted by Gasteiger charge is 2.36. The smallest absolute Gasteiger partial charge is 0.204 e. The summed E-state index contributed by atoms with van der Waals surface area (Å²) in [4.78, 5) is 13.4. The number of hydrogen-bond donors (Lipinski definition) is 3. The quantitative estimate of drug-likeness (QED) is 0.458. The molecule has 0 spiro atoms. The highest BCUT2D eigenvalue weighted by atomic mass is 16.5. The highest BCUT2D eigenvalue weighted by molar-refractivity contribution is 5.97. The van der Waals surface area contributed by atoms with Gasteiger partial charge in [0.2, 0.25) is 5.43 Å². The predicted octanol–water partition coefficient (Wildman–Crippen LogP) is 3.94. The summed E-state index contributed by atoms with van der Waals surface area (Å²) >= 11 is 0. The highest BCUT2D eigenvalue weighted by Crippen LogP contribution is 2.40. The molecule has 4 rings (SSSR count). The van der Waals surface area contributed by atoms with Crippen molar-refractivity contribution in [2.45, 2.75) is 52.2 Å². The third kappa shape index (κ3) is 3.13.